The fraction of sp³-hybridized carbons (Fsp3) is 0.920. The summed E-state index contributed by atoms with van der Waals surface area (Å²) < 4.78 is 11.9. The maximum absolute atomic E-state index is 13.0. The summed E-state index contributed by atoms with van der Waals surface area (Å²) in [7, 11) is 0. The lowest BCUT2D eigenvalue weighted by Crippen LogP contribution is -2.65. The number of esters is 2. The predicted octanol–water partition coefficient (Wildman–Crippen LogP) is 5.67. The second kappa shape index (κ2) is 7.57. The summed E-state index contributed by atoms with van der Waals surface area (Å²) in [6.07, 6.45) is 13.1. The van der Waals surface area contributed by atoms with E-state index in [4.69, 9.17) is 9.47 Å². The fourth-order valence-electron chi connectivity index (χ4n) is 7.55. The van der Waals surface area contributed by atoms with Crippen molar-refractivity contribution in [3.8, 4) is 0 Å². The standard InChI is InChI=1S/C25H40O4/c1-5-23(2,3)22(27)28-16-21(26)29-25(18-9-7-6-8-10-18)19-11-17-12-20(25)15-24(4,13-17)14-19/h17-20H,5-16H2,1-4H3. The second-order valence-electron chi connectivity index (χ2n) is 11.6. The van der Waals surface area contributed by atoms with E-state index in [0.29, 0.717) is 29.6 Å². The molecule has 5 fully saturated rings. The minimum atomic E-state index is -0.557. The molecule has 5 rings (SSSR count). The smallest absolute Gasteiger partial charge is 0.344 e. The molecule has 0 aliphatic heterocycles. The Bertz CT molecular complexity index is 629. The van der Waals surface area contributed by atoms with Crippen LogP contribution >= 0.6 is 0 Å². The average molecular weight is 405 g/mol. The van der Waals surface area contributed by atoms with Crippen molar-refractivity contribution in [3.05, 3.63) is 0 Å². The van der Waals surface area contributed by atoms with Crippen LogP contribution in [0, 0.1) is 34.5 Å². The lowest BCUT2D eigenvalue weighted by Gasteiger charge is -2.66. The third kappa shape index (κ3) is 3.74. The van der Waals surface area contributed by atoms with Gasteiger partial charge in [-0.3, -0.25) is 4.79 Å². The largest absolute Gasteiger partial charge is 0.456 e. The highest BCUT2D eigenvalue weighted by molar-refractivity contribution is 5.80. The second-order valence-corrected chi connectivity index (χ2v) is 11.6. The number of hydrogen-bond donors (Lipinski definition) is 0. The van der Waals surface area contributed by atoms with Crippen LogP contribution in [0.5, 0.6) is 0 Å². The Morgan fingerprint density at radius 3 is 2.14 bits per heavy atom. The van der Waals surface area contributed by atoms with Crippen LogP contribution in [0.4, 0.5) is 0 Å². The molecule has 2 atom stereocenters. The SMILES string of the molecule is CCC(C)(C)C(=O)OCC(=O)OC1(C2CCCCC2)C2CC3CC1CC(C)(C3)C2. The lowest BCUT2D eigenvalue weighted by molar-refractivity contribution is -0.247. The number of carbonyl (C=O) groups excluding carboxylic acids is 2. The predicted molar refractivity (Wildman–Crippen MR) is 112 cm³/mol. The topological polar surface area (TPSA) is 52.6 Å². The maximum Gasteiger partial charge on any atom is 0.344 e. The van der Waals surface area contributed by atoms with E-state index >= 15 is 0 Å². The maximum atomic E-state index is 13.0. The summed E-state index contributed by atoms with van der Waals surface area (Å²) in [4.78, 5) is 25.3. The molecule has 164 valence electrons. The molecule has 2 unspecified atom stereocenters. The summed E-state index contributed by atoms with van der Waals surface area (Å²) in [5.74, 6) is 1.66. The van der Waals surface area contributed by atoms with E-state index < -0.39 is 5.41 Å². The molecule has 0 radical (unpaired) electrons. The zero-order valence-corrected chi connectivity index (χ0v) is 18.9. The van der Waals surface area contributed by atoms with Gasteiger partial charge >= 0.3 is 11.9 Å². The first-order valence-corrected chi connectivity index (χ1v) is 12.1. The minimum absolute atomic E-state index is 0.239. The highest BCUT2D eigenvalue weighted by Gasteiger charge is 2.65. The molecule has 29 heavy (non-hydrogen) atoms. The summed E-state index contributed by atoms with van der Waals surface area (Å²) >= 11 is 0. The van der Waals surface area contributed by atoms with E-state index in [2.05, 4.69) is 6.92 Å². The van der Waals surface area contributed by atoms with Gasteiger partial charge in [-0.15, -0.1) is 0 Å². The van der Waals surface area contributed by atoms with E-state index in [-0.39, 0.29) is 24.1 Å². The zero-order chi connectivity index (χ0) is 20.9. The van der Waals surface area contributed by atoms with Crippen LogP contribution in [0.15, 0.2) is 0 Å². The molecule has 0 heterocycles. The Kier molecular flexibility index (Phi) is 5.53. The van der Waals surface area contributed by atoms with Crippen LogP contribution in [0.2, 0.25) is 0 Å². The Balaban J connectivity index is 1.52. The molecule has 0 amide bonds. The quantitative estimate of drug-likeness (QED) is 0.535. The van der Waals surface area contributed by atoms with Crippen LogP contribution in [-0.4, -0.2) is 24.1 Å². The fourth-order valence-corrected chi connectivity index (χ4v) is 7.55. The van der Waals surface area contributed by atoms with E-state index in [1.54, 1.807) is 0 Å². The van der Waals surface area contributed by atoms with Gasteiger partial charge in [-0.2, -0.15) is 0 Å². The Morgan fingerprint density at radius 2 is 1.59 bits per heavy atom. The van der Waals surface area contributed by atoms with Crippen molar-refractivity contribution < 1.29 is 19.1 Å². The van der Waals surface area contributed by atoms with Crippen LogP contribution in [0.1, 0.15) is 98.3 Å². The molecular weight excluding hydrogens is 364 g/mol. The number of carbonyl (C=O) groups is 2. The van der Waals surface area contributed by atoms with Crippen molar-refractivity contribution in [1.29, 1.82) is 0 Å². The van der Waals surface area contributed by atoms with E-state index in [9.17, 15) is 9.59 Å². The van der Waals surface area contributed by atoms with Gasteiger partial charge in [0, 0.05) is 11.8 Å². The van der Waals surface area contributed by atoms with Crippen LogP contribution in [0.25, 0.3) is 0 Å². The first-order chi connectivity index (χ1) is 13.7. The van der Waals surface area contributed by atoms with Gasteiger partial charge in [0.15, 0.2) is 6.61 Å². The molecule has 0 spiro atoms. The third-order valence-corrected chi connectivity index (χ3v) is 9.06. The third-order valence-electron chi connectivity index (χ3n) is 9.06. The molecule has 5 saturated carbocycles. The van der Waals surface area contributed by atoms with Gasteiger partial charge < -0.3 is 9.47 Å². The van der Waals surface area contributed by atoms with Gasteiger partial charge in [0.1, 0.15) is 5.60 Å². The van der Waals surface area contributed by atoms with Crippen LogP contribution in [0.3, 0.4) is 0 Å². The molecule has 5 aliphatic rings. The van der Waals surface area contributed by atoms with E-state index in [1.807, 2.05) is 20.8 Å². The summed E-state index contributed by atoms with van der Waals surface area (Å²) in [5.41, 5.74) is -0.419. The first kappa shape index (κ1) is 21.2. The normalized spacial score (nSPS) is 39.4. The molecule has 0 aromatic heterocycles. The summed E-state index contributed by atoms with van der Waals surface area (Å²) in [5, 5.41) is 0. The zero-order valence-electron chi connectivity index (χ0n) is 18.9. The van der Waals surface area contributed by atoms with Gasteiger partial charge in [0.2, 0.25) is 0 Å². The first-order valence-electron chi connectivity index (χ1n) is 12.1. The van der Waals surface area contributed by atoms with Crippen LogP contribution in [-0.2, 0) is 19.1 Å². The van der Waals surface area contributed by atoms with Crippen molar-refractivity contribution in [1.82, 2.24) is 0 Å². The van der Waals surface area contributed by atoms with Crippen molar-refractivity contribution >= 4 is 11.9 Å². The minimum Gasteiger partial charge on any atom is -0.456 e. The highest BCUT2D eigenvalue weighted by Crippen LogP contribution is 2.67. The van der Waals surface area contributed by atoms with Crippen molar-refractivity contribution in [3.63, 3.8) is 0 Å². The number of rotatable bonds is 6. The molecule has 0 aromatic rings. The molecular formula is C25H40O4. The number of hydrogen-bond acceptors (Lipinski definition) is 4. The van der Waals surface area contributed by atoms with E-state index in [0.717, 1.165) is 5.92 Å². The molecule has 4 bridgehead atoms. The van der Waals surface area contributed by atoms with Gasteiger partial charge in [-0.25, -0.2) is 4.79 Å². The molecule has 4 heteroatoms. The van der Waals surface area contributed by atoms with Gasteiger partial charge in [0.25, 0.3) is 0 Å². The summed E-state index contributed by atoms with van der Waals surface area (Å²) in [6.45, 7) is 7.91. The van der Waals surface area contributed by atoms with Crippen molar-refractivity contribution in [2.24, 2.45) is 34.5 Å². The molecule has 4 nitrogen and oxygen atoms in total. The van der Waals surface area contributed by atoms with Gasteiger partial charge in [-0.05, 0) is 82.5 Å². The van der Waals surface area contributed by atoms with Crippen molar-refractivity contribution in [2.45, 2.75) is 104 Å². The van der Waals surface area contributed by atoms with Gasteiger partial charge in [-0.1, -0.05) is 33.1 Å². The van der Waals surface area contributed by atoms with Crippen molar-refractivity contribution in [2.75, 3.05) is 6.61 Å². The molecule has 0 saturated heterocycles. The van der Waals surface area contributed by atoms with Crippen LogP contribution < -0.4 is 0 Å². The highest BCUT2D eigenvalue weighted by atomic mass is 16.6. The van der Waals surface area contributed by atoms with Gasteiger partial charge in [0.05, 0.1) is 5.41 Å². The Hall–Kier alpha value is -1.06. The monoisotopic (exact) mass is 404 g/mol. The summed E-state index contributed by atoms with van der Waals surface area (Å²) in [6, 6.07) is 0. The molecule has 0 N–H and O–H groups in total. The lowest BCUT2D eigenvalue weighted by atomic mass is 9.42. The Labute approximate surface area is 176 Å². The Morgan fingerprint density at radius 1 is 0.966 bits per heavy atom. The van der Waals surface area contributed by atoms with E-state index in [1.165, 1.54) is 64.2 Å². The number of ether oxygens (including phenoxy) is 2. The molecule has 5 aliphatic carbocycles. The molecule has 0 aromatic carbocycles. The average Bonchev–Trinajstić information content (AvgIpc) is 2.68.